The molecule has 0 aliphatic carbocycles. The Morgan fingerprint density at radius 1 is 1.16 bits per heavy atom. The van der Waals surface area contributed by atoms with Crippen LogP contribution in [-0.2, 0) is 0 Å². The van der Waals surface area contributed by atoms with Crippen molar-refractivity contribution in [2.75, 3.05) is 24.5 Å². The number of amides is 1. The van der Waals surface area contributed by atoms with E-state index >= 15 is 0 Å². The molecule has 2 N–H and O–H groups in total. The lowest BCUT2D eigenvalue weighted by atomic mass is 10.1. The van der Waals surface area contributed by atoms with Gasteiger partial charge in [-0.15, -0.1) is 0 Å². The summed E-state index contributed by atoms with van der Waals surface area (Å²) in [6.07, 6.45) is 1.93. The van der Waals surface area contributed by atoms with Gasteiger partial charge in [-0.05, 0) is 43.0 Å². The van der Waals surface area contributed by atoms with Gasteiger partial charge in [0.25, 0.3) is 5.91 Å². The van der Waals surface area contributed by atoms with E-state index in [0.717, 1.165) is 31.5 Å². The molecule has 1 heterocycles. The van der Waals surface area contributed by atoms with Crippen LogP contribution in [0.4, 0.5) is 10.1 Å². The SMILES string of the molecule is O=C(NCCC(O)c1ccccc1)c1ccc(N2CCCC2)c(F)c1. The summed E-state index contributed by atoms with van der Waals surface area (Å²) in [5.74, 6) is -0.689. The third-order valence-electron chi connectivity index (χ3n) is 4.54. The number of benzene rings is 2. The molecule has 1 aliphatic rings. The third kappa shape index (κ3) is 4.37. The van der Waals surface area contributed by atoms with Gasteiger partial charge in [0, 0.05) is 25.2 Å². The normalized spacial score (nSPS) is 15.2. The Labute approximate surface area is 147 Å². The maximum Gasteiger partial charge on any atom is 0.251 e. The van der Waals surface area contributed by atoms with Crippen molar-refractivity contribution in [1.29, 1.82) is 0 Å². The van der Waals surface area contributed by atoms with Gasteiger partial charge in [0.1, 0.15) is 5.82 Å². The highest BCUT2D eigenvalue weighted by atomic mass is 19.1. The molecular formula is C20H23FN2O2. The molecule has 1 aliphatic heterocycles. The molecule has 132 valence electrons. The van der Waals surface area contributed by atoms with Crippen LogP contribution in [0.5, 0.6) is 0 Å². The largest absolute Gasteiger partial charge is 0.388 e. The smallest absolute Gasteiger partial charge is 0.251 e. The van der Waals surface area contributed by atoms with E-state index in [1.807, 2.05) is 35.2 Å². The van der Waals surface area contributed by atoms with Crippen LogP contribution < -0.4 is 10.2 Å². The van der Waals surface area contributed by atoms with Gasteiger partial charge in [0.05, 0.1) is 11.8 Å². The van der Waals surface area contributed by atoms with E-state index in [1.54, 1.807) is 12.1 Å². The van der Waals surface area contributed by atoms with Crippen LogP contribution in [0.25, 0.3) is 0 Å². The highest BCUT2D eigenvalue weighted by Crippen LogP contribution is 2.24. The van der Waals surface area contributed by atoms with Gasteiger partial charge >= 0.3 is 0 Å². The summed E-state index contributed by atoms with van der Waals surface area (Å²) >= 11 is 0. The predicted molar refractivity (Wildman–Crippen MR) is 96.2 cm³/mol. The number of nitrogens with zero attached hydrogens (tertiary/aromatic N) is 1. The summed E-state index contributed by atoms with van der Waals surface area (Å²) in [6.45, 7) is 2.05. The summed E-state index contributed by atoms with van der Waals surface area (Å²) in [7, 11) is 0. The molecule has 0 bridgehead atoms. The molecule has 25 heavy (non-hydrogen) atoms. The molecule has 2 aromatic rings. The summed E-state index contributed by atoms with van der Waals surface area (Å²) in [4.78, 5) is 14.2. The van der Waals surface area contributed by atoms with Crippen LogP contribution in [0.15, 0.2) is 48.5 Å². The second-order valence-electron chi connectivity index (χ2n) is 6.33. The van der Waals surface area contributed by atoms with Crippen molar-refractivity contribution >= 4 is 11.6 Å². The molecule has 1 unspecified atom stereocenters. The lowest BCUT2D eigenvalue weighted by molar-refractivity contribution is 0.0942. The van der Waals surface area contributed by atoms with Gasteiger partial charge in [-0.1, -0.05) is 30.3 Å². The number of carbonyl (C=O) groups excluding carboxylic acids is 1. The molecule has 0 saturated carbocycles. The fourth-order valence-corrected chi connectivity index (χ4v) is 3.13. The molecule has 3 rings (SSSR count). The Morgan fingerprint density at radius 3 is 2.56 bits per heavy atom. The molecule has 0 radical (unpaired) electrons. The topological polar surface area (TPSA) is 52.6 Å². The van der Waals surface area contributed by atoms with Crippen molar-refractivity contribution in [2.45, 2.75) is 25.4 Å². The number of aliphatic hydroxyl groups excluding tert-OH is 1. The standard InChI is InChI=1S/C20H23FN2O2/c21-17-14-16(8-9-18(17)23-12-4-5-13-23)20(25)22-11-10-19(24)15-6-2-1-3-7-15/h1-3,6-9,14,19,24H,4-5,10-13H2,(H,22,25). The first-order valence-corrected chi connectivity index (χ1v) is 8.71. The molecule has 5 heteroatoms. The number of rotatable bonds is 6. The van der Waals surface area contributed by atoms with Crippen molar-refractivity contribution in [1.82, 2.24) is 5.32 Å². The minimum atomic E-state index is -0.629. The van der Waals surface area contributed by atoms with E-state index in [9.17, 15) is 14.3 Å². The summed E-state index contributed by atoms with van der Waals surface area (Å²) < 4.78 is 14.3. The van der Waals surface area contributed by atoms with Crippen LogP contribution in [-0.4, -0.2) is 30.6 Å². The second kappa shape index (κ2) is 8.12. The Hall–Kier alpha value is -2.40. The van der Waals surface area contributed by atoms with Crippen LogP contribution in [0.2, 0.25) is 0 Å². The Kier molecular flexibility index (Phi) is 5.66. The lowest BCUT2D eigenvalue weighted by Gasteiger charge is -2.18. The number of hydrogen-bond acceptors (Lipinski definition) is 3. The number of anilines is 1. The Balaban J connectivity index is 1.53. The molecule has 4 nitrogen and oxygen atoms in total. The highest BCUT2D eigenvalue weighted by molar-refractivity contribution is 5.94. The summed E-state index contributed by atoms with van der Waals surface area (Å²) in [5, 5.41) is 12.8. The summed E-state index contributed by atoms with van der Waals surface area (Å²) in [5.41, 5.74) is 1.68. The zero-order valence-corrected chi connectivity index (χ0v) is 14.1. The fraction of sp³-hybridized carbons (Fsp3) is 0.350. The Bertz CT molecular complexity index is 715. The van der Waals surface area contributed by atoms with Crippen LogP contribution in [0.3, 0.4) is 0 Å². The number of carbonyl (C=O) groups is 1. The molecular weight excluding hydrogens is 319 g/mol. The first-order chi connectivity index (χ1) is 12.1. The third-order valence-corrected chi connectivity index (χ3v) is 4.54. The van der Waals surface area contributed by atoms with Crippen molar-refractivity contribution < 1.29 is 14.3 Å². The fourth-order valence-electron chi connectivity index (χ4n) is 3.13. The maximum absolute atomic E-state index is 14.3. The molecule has 2 aromatic carbocycles. The highest BCUT2D eigenvalue weighted by Gasteiger charge is 2.17. The lowest BCUT2D eigenvalue weighted by Crippen LogP contribution is -2.26. The van der Waals surface area contributed by atoms with Gasteiger partial charge in [-0.25, -0.2) is 4.39 Å². The zero-order valence-electron chi connectivity index (χ0n) is 14.1. The van der Waals surface area contributed by atoms with Crippen molar-refractivity contribution in [3.05, 3.63) is 65.5 Å². The molecule has 1 atom stereocenters. The zero-order chi connectivity index (χ0) is 17.6. The van der Waals surface area contributed by atoms with Gasteiger partial charge in [-0.2, -0.15) is 0 Å². The number of nitrogens with one attached hydrogen (secondary N) is 1. The molecule has 1 fully saturated rings. The number of aliphatic hydroxyl groups is 1. The van der Waals surface area contributed by atoms with Gasteiger partial charge in [0.15, 0.2) is 0 Å². The molecule has 1 saturated heterocycles. The van der Waals surface area contributed by atoms with E-state index in [1.165, 1.54) is 6.07 Å². The molecule has 0 aromatic heterocycles. The minimum Gasteiger partial charge on any atom is -0.388 e. The van der Waals surface area contributed by atoms with E-state index < -0.39 is 6.10 Å². The number of hydrogen-bond donors (Lipinski definition) is 2. The first-order valence-electron chi connectivity index (χ1n) is 8.71. The van der Waals surface area contributed by atoms with Crippen molar-refractivity contribution in [2.24, 2.45) is 0 Å². The van der Waals surface area contributed by atoms with Crippen molar-refractivity contribution in [3.8, 4) is 0 Å². The van der Waals surface area contributed by atoms with Gasteiger partial charge < -0.3 is 15.3 Å². The average Bonchev–Trinajstić information content (AvgIpc) is 3.16. The van der Waals surface area contributed by atoms with Crippen LogP contribution in [0.1, 0.15) is 41.3 Å². The van der Waals surface area contributed by atoms with E-state index in [0.29, 0.717) is 24.2 Å². The minimum absolute atomic E-state index is 0.301. The van der Waals surface area contributed by atoms with E-state index in [-0.39, 0.29) is 11.7 Å². The summed E-state index contributed by atoms with van der Waals surface area (Å²) in [6, 6.07) is 13.9. The van der Waals surface area contributed by atoms with Gasteiger partial charge in [0.2, 0.25) is 0 Å². The monoisotopic (exact) mass is 342 g/mol. The van der Waals surface area contributed by atoms with E-state index in [4.69, 9.17) is 0 Å². The van der Waals surface area contributed by atoms with Crippen LogP contribution >= 0.6 is 0 Å². The van der Waals surface area contributed by atoms with E-state index in [2.05, 4.69) is 5.32 Å². The second-order valence-corrected chi connectivity index (χ2v) is 6.33. The number of halogens is 1. The quantitative estimate of drug-likeness (QED) is 0.847. The maximum atomic E-state index is 14.3. The average molecular weight is 342 g/mol. The van der Waals surface area contributed by atoms with Gasteiger partial charge in [-0.3, -0.25) is 4.79 Å². The predicted octanol–water partition coefficient (Wildman–Crippen LogP) is 3.28. The molecule has 0 spiro atoms. The van der Waals surface area contributed by atoms with Crippen LogP contribution in [0, 0.1) is 5.82 Å². The molecule has 1 amide bonds. The Morgan fingerprint density at radius 2 is 1.88 bits per heavy atom. The van der Waals surface area contributed by atoms with Crippen molar-refractivity contribution in [3.63, 3.8) is 0 Å². The first kappa shape index (κ1) is 17.4.